The van der Waals surface area contributed by atoms with Gasteiger partial charge in [0.25, 0.3) is 0 Å². The Kier molecular flexibility index (Phi) is 3.56. The predicted octanol–water partition coefficient (Wildman–Crippen LogP) is 4.51. The van der Waals surface area contributed by atoms with Gasteiger partial charge in [0.05, 0.1) is 5.69 Å². The first-order chi connectivity index (χ1) is 10.3. The molecule has 0 atom stereocenters. The van der Waals surface area contributed by atoms with E-state index in [0.29, 0.717) is 0 Å². The van der Waals surface area contributed by atoms with Crippen LogP contribution in [0.25, 0.3) is 10.8 Å². The second-order valence-corrected chi connectivity index (χ2v) is 4.85. The summed E-state index contributed by atoms with van der Waals surface area (Å²) in [5, 5.41) is 5.12. The van der Waals surface area contributed by atoms with E-state index in [4.69, 9.17) is 0 Å². The van der Waals surface area contributed by atoms with Gasteiger partial charge in [-0.05, 0) is 23.6 Å². The van der Waals surface area contributed by atoms with Crippen LogP contribution in [0, 0.1) is 0 Å². The van der Waals surface area contributed by atoms with E-state index in [1.54, 1.807) is 11.9 Å². The summed E-state index contributed by atoms with van der Waals surface area (Å²) < 4.78 is 0. The van der Waals surface area contributed by atoms with E-state index in [1.807, 2.05) is 72.8 Å². The van der Waals surface area contributed by atoms with Gasteiger partial charge in [0.1, 0.15) is 0 Å². The van der Waals surface area contributed by atoms with Crippen LogP contribution in [0.5, 0.6) is 0 Å². The summed E-state index contributed by atoms with van der Waals surface area (Å²) in [5.41, 5.74) is 1.68. The zero-order chi connectivity index (χ0) is 14.7. The van der Waals surface area contributed by atoms with Crippen LogP contribution in [0.4, 0.5) is 16.2 Å². The average molecular weight is 276 g/mol. The van der Waals surface area contributed by atoms with Gasteiger partial charge in [0, 0.05) is 18.1 Å². The van der Waals surface area contributed by atoms with Gasteiger partial charge in [-0.2, -0.15) is 0 Å². The molecule has 0 fully saturated rings. The van der Waals surface area contributed by atoms with E-state index in [1.165, 1.54) is 0 Å². The Morgan fingerprint density at radius 3 is 2.33 bits per heavy atom. The lowest BCUT2D eigenvalue weighted by Gasteiger charge is -2.18. The Bertz CT molecular complexity index is 763. The molecule has 3 nitrogen and oxygen atoms in total. The molecular weight excluding hydrogens is 260 g/mol. The molecule has 0 unspecified atom stereocenters. The summed E-state index contributed by atoms with van der Waals surface area (Å²) in [7, 11) is 1.76. The molecule has 0 saturated carbocycles. The van der Waals surface area contributed by atoms with Crippen LogP contribution in [0.15, 0.2) is 72.8 Å². The van der Waals surface area contributed by atoms with Crippen molar-refractivity contribution in [3.05, 3.63) is 72.8 Å². The van der Waals surface area contributed by atoms with Crippen molar-refractivity contribution in [1.82, 2.24) is 0 Å². The Labute approximate surface area is 123 Å². The molecule has 2 amide bonds. The van der Waals surface area contributed by atoms with E-state index < -0.39 is 0 Å². The Hall–Kier alpha value is -2.81. The van der Waals surface area contributed by atoms with Crippen molar-refractivity contribution < 1.29 is 4.79 Å². The Morgan fingerprint density at radius 2 is 1.52 bits per heavy atom. The topological polar surface area (TPSA) is 32.3 Å². The molecule has 0 aliphatic carbocycles. The first kappa shape index (κ1) is 13.2. The third-order valence-corrected chi connectivity index (χ3v) is 3.48. The third-order valence-electron chi connectivity index (χ3n) is 3.48. The normalized spacial score (nSPS) is 10.3. The standard InChI is InChI=1S/C18H16N2O/c1-20(15-10-3-2-4-11-15)18(21)19-17-13-7-9-14-8-5-6-12-16(14)17/h2-13H,1H3,(H,19,21). The second-order valence-electron chi connectivity index (χ2n) is 4.85. The molecular formula is C18H16N2O. The molecule has 0 heterocycles. The van der Waals surface area contributed by atoms with Crippen molar-refractivity contribution >= 4 is 28.2 Å². The van der Waals surface area contributed by atoms with E-state index in [0.717, 1.165) is 22.1 Å². The molecule has 0 bridgehead atoms. The summed E-state index contributed by atoms with van der Waals surface area (Å²) >= 11 is 0. The maximum absolute atomic E-state index is 12.4. The number of urea groups is 1. The average Bonchev–Trinajstić information content (AvgIpc) is 2.55. The number of nitrogens with zero attached hydrogens (tertiary/aromatic N) is 1. The van der Waals surface area contributed by atoms with E-state index in [2.05, 4.69) is 5.32 Å². The highest BCUT2D eigenvalue weighted by molar-refractivity contribution is 6.07. The number of para-hydroxylation sites is 1. The van der Waals surface area contributed by atoms with Gasteiger partial charge in [0.2, 0.25) is 0 Å². The predicted molar refractivity (Wildman–Crippen MR) is 87.8 cm³/mol. The van der Waals surface area contributed by atoms with Crippen molar-refractivity contribution in [2.75, 3.05) is 17.3 Å². The largest absolute Gasteiger partial charge is 0.326 e. The van der Waals surface area contributed by atoms with Gasteiger partial charge in [-0.25, -0.2) is 4.79 Å². The van der Waals surface area contributed by atoms with Crippen LogP contribution >= 0.6 is 0 Å². The van der Waals surface area contributed by atoms with E-state index >= 15 is 0 Å². The van der Waals surface area contributed by atoms with Crippen LogP contribution in [0.2, 0.25) is 0 Å². The molecule has 3 rings (SSSR count). The number of rotatable bonds is 2. The molecule has 3 heteroatoms. The Morgan fingerprint density at radius 1 is 0.857 bits per heavy atom. The first-order valence-electron chi connectivity index (χ1n) is 6.83. The molecule has 0 saturated heterocycles. The lowest BCUT2D eigenvalue weighted by atomic mass is 10.1. The van der Waals surface area contributed by atoms with Crippen LogP contribution in [0.3, 0.4) is 0 Å². The smallest absolute Gasteiger partial charge is 0.307 e. The highest BCUT2D eigenvalue weighted by atomic mass is 16.2. The molecule has 3 aromatic rings. The van der Waals surface area contributed by atoms with Crippen molar-refractivity contribution in [2.24, 2.45) is 0 Å². The van der Waals surface area contributed by atoms with Crippen LogP contribution in [0.1, 0.15) is 0 Å². The highest BCUT2D eigenvalue weighted by Crippen LogP contribution is 2.23. The fourth-order valence-electron chi connectivity index (χ4n) is 2.30. The Balaban J connectivity index is 1.87. The maximum Gasteiger partial charge on any atom is 0.326 e. The lowest BCUT2D eigenvalue weighted by Crippen LogP contribution is -2.31. The van der Waals surface area contributed by atoms with Gasteiger partial charge in [-0.3, -0.25) is 4.90 Å². The summed E-state index contributed by atoms with van der Waals surface area (Å²) in [5.74, 6) is 0. The third kappa shape index (κ3) is 2.72. The zero-order valence-corrected chi connectivity index (χ0v) is 11.8. The molecule has 3 aromatic carbocycles. The number of amides is 2. The monoisotopic (exact) mass is 276 g/mol. The van der Waals surface area contributed by atoms with Gasteiger partial charge >= 0.3 is 6.03 Å². The van der Waals surface area contributed by atoms with Gasteiger partial charge in [0.15, 0.2) is 0 Å². The minimum Gasteiger partial charge on any atom is -0.307 e. The number of carbonyl (C=O) groups excluding carboxylic acids is 1. The van der Waals surface area contributed by atoms with Crippen molar-refractivity contribution in [3.63, 3.8) is 0 Å². The number of nitrogens with one attached hydrogen (secondary N) is 1. The summed E-state index contributed by atoms with van der Waals surface area (Å²) in [4.78, 5) is 14.0. The number of fused-ring (bicyclic) bond motifs is 1. The molecule has 21 heavy (non-hydrogen) atoms. The first-order valence-corrected chi connectivity index (χ1v) is 6.83. The number of benzene rings is 3. The number of hydrogen-bond acceptors (Lipinski definition) is 1. The summed E-state index contributed by atoms with van der Waals surface area (Å²) in [6.07, 6.45) is 0. The minimum absolute atomic E-state index is 0.155. The molecule has 0 spiro atoms. The van der Waals surface area contributed by atoms with Crippen molar-refractivity contribution in [3.8, 4) is 0 Å². The minimum atomic E-state index is -0.155. The number of hydrogen-bond donors (Lipinski definition) is 1. The van der Waals surface area contributed by atoms with E-state index in [9.17, 15) is 4.79 Å². The second kappa shape index (κ2) is 5.67. The quantitative estimate of drug-likeness (QED) is 0.734. The fourth-order valence-corrected chi connectivity index (χ4v) is 2.30. The number of carbonyl (C=O) groups is 1. The zero-order valence-electron chi connectivity index (χ0n) is 11.8. The molecule has 1 N–H and O–H groups in total. The van der Waals surface area contributed by atoms with Crippen molar-refractivity contribution in [1.29, 1.82) is 0 Å². The maximum atomic E-state index is 12.4. The fraction of sp³-hybridized carbons (Fsp3) is 0.0556. The summed E-state index contributed by atoms with van der Waals surface area (Å²) in [6, 6.07) is 23.3. The SMILES string of the molecule is CN(C(=O)Nc1cccc2ccccc12)c1ccccc1. The van der Waals surface area contributed by atoms with E-state index in [-0.39, 0.29) is 6.03 Å². The number of anilines is 2. The van der Waals surface area contributed by atoms with Gasteiger partial charge < -0.3 is 5.32 Å². The lowest BCUT2D eigenvalue weighted by molar-refractivity contribution is 0.258. The molecule has 0 aliphatic heterocycles. The van der Waals surface area contributed by atoms with Crippen LogP contribution < -0.4 is 10.2 Å². The van der Waals surface area contributed by atoms with Crippen LogP contribution in [-0.4, -0.2) is 13.1 Å². The molecule has 0 aromatic heterocycles. The summed E-state index contributed by atoms with van der Waals surface area (Å²) in [6.45, 7) is 0. The van der Waals surface area contributed by atoms with Crippen LogP contribution in [-0.2, 0) is 0 Å². The molecule has 0 aliphatic rings. The molecule has 104 valence electrons. The van der Waals surface area contributed by atoms with Crippen molar-refractivity contribution in [2.45, 2.75) is 0 Å². The highest BCUT2D eigenvalue weighted by Gasteiger charge is 2.11. The van der Waals surface area contributed by atoms with Gasteiger partial charge in [-0.15, -0.1) is 0 Å². The van der Waals surface area contributed by atoms with Gasteiger partial charge in [-0.1, -0.05) is 54.6 Å². The molecule has 0 radical (unpaired) electrons.